The Hall–Kier alpha value is -2.11. The van der Waals surface area contributed by atoms with E-state index in [0.29, 0.717) is 16.6 Å². The molecule has 1 N–H and O–H groups in total. The number of carbonyl (C=O) groups excluding carboxylic acids is 2. The lowest BCUT2D eigenvalue weighted by Gasteiger charge is -2.29. The topological polar surface area (TPSA) is 49.4 Å². The molecule has 1 atom stereocenters. The van der Waals surface area contributed by atoms with Gasteiger partial charge in [0.2, 0.25) is 11.8 Å². The summed E-state index contributed by atoms with van der Waals surface area (Å²) in [5.41, 5.74) is 1.01. The predicted molar refractivity (Wildman–Crippen MR) is 114 cm³/mol. The van der Waals surface area contributed by atoms with Crippen LogP contribution in [0.2, 0.25) is 10.0 Å². The number of hydrogen-bond donors (Lipinski definition) is 1. The van der Waals surface area contributed by atoms with Gasteiger partial charge in [-0.3, -0.25) is 9.59 Å². The molecule has 29 heavy (non-hydrogen) atoms. The van der Waals surface area contributed by atoms with Crippen LogP contribution in [0.4, 0.5) is 4.39 Å². The number of nitrogens with zero attached hydrogens (tertiary/aromatic N) is 1. The Bertz CT molecular complexity index is 874. The Morgan fingerprint density at radius 1 is 1.07 bits per heavy atom. The molecule has 0 aliphatic rings. The summed E-state index contributed by atoms with van der Waals surface area (Å²) in [5, 5.41) is 3.61. The second-order valence-electron chi connectivity index (χ2n) is 7.35. The van der Waals surface area contributed by atoms with Crippen LogP contribution in [0.25, 0.3) is 0 Å². The fraction of sp³-hybridized carbons (Fsp3) is 0.364. The molecule has 0 saturated carbocycles. The maximum atomic E-state index is 14.0. The van der Waals surface area contributed by atoms with Gasteiger partial charge in [-0.15, -0.1) is 0 Å². The summed E-state index contributed by atoms with van der Waals surface area (Å²) < 4.78 is 14.0. The van der Waals surface area contributed by atoms with E-state index >= 15 is 0 Å². The van der Waals surface area contributed by atoms with Crippen molar-refractivity contribution in [2.75, 3.05) is 6.54 Å². The second-order valence-corrected chi connectivity index (χ2v) is 8.17. The Balaban J connectivity index is 2.25. The highest BCUT2D eigenvalue weighted by Crippen LogP contribution is 2.24. The summed E-state index contributed by atoms with van der Waals surface area (Å²) in [7, 11) is 0. The van der Waals surface area contributed by atoms with Crippen LogP contribution in [-0.2, 0) is 22.6 Å². The van der Waals surface area contributed by atoms with Gasteiger partial charge in [0.05, 0.1) is 16.5 Å². The van der Waals surface area contributed by atoms with Crippen LogP contribution >= 0.6 is 23.2 Å². The first kappa shape index (κ1) is 23.2. The minimum atomic E-state index is -0.734. The second kappa shape index (κ2) is 10.6. The standard InChI is InChI=1S/C22H25Cl2FN2O2/c1-14(2)12-26-22(29)15(3)27(13-16-8-9-18(23)19(24)10-16)21(28)11-17-6-4-5-7-20(17)25/h4-10,14-15H,11-13H2,1-3H3,(H,26,29)/t15-/m1/s1. The molecule has 0 aliphatic carbocycles. The molecule has 0 heterocycles. The number of halogens is 3. The molecule has 7 heteroatoms. The highest BCUT2D eigenvalue weighted by molar-refractivity contribution is 6.42. The number of nitrogens with one attached hydrogen (secondary N) is 1. The van der Waals surface area contributed by atoms with E-state index in [4.69, 9.17) is 23.2 Å². The zero-order chi connectivity index (χ0) is 21.6. The van der Waals surface area contributed by atoms with Crippen molar-refractivity contribution in [2.45, 2.75) is 39.8 Å². The van der Waals surface area contributed by atoms with Crippen LogP contribution in [0, 0.1) is 11.7 Å². The third-order valence-corrected chi connectivity index (χ3v) is 5.23. The van der Waals surface area contributed by atoms with Gasteiger partial charge in [0, 0.05) is 13.1 Å². The van der Waals surface area contributed by atoms with Gasteiger partial charge < -0.3 is 10.2 Å². The summed E-state index contributed by atoms with van der Waals surface area (Å²) >= 11 is 12.1. The molecule has 156 valence electrons. The lowest BCUT2D eigenvalue weighted by atomic mass is 10.1. The van der Waals surface area contributed by atoms with E-state index in [1.54, 1.807) is 43.3 Å². The van der Waals surface area contributed by atoms with Crippen LogP contribution < -0.4 is 5.32 Å². The largest absolute Gasteiger partial charge is 0.354 e. The first-order valence-electron chi connectivity index (χ1n) is 9.43. The van der Waals surface area contributed by atoms with Gasteiger partial charge in [0.15, 0.2) is 0 Å². The fourth-order valence-corrected chi connectivity index (χ4v) is 3.10. The Labute approximate surface area is 181 Å². The highest BCUT2D eigenvalue weighted by Gasteiger charge is 2.27. The minimum Gasteiger partial charge on any atom is -0.354 e. The van der Waals surface area contributed by atoms with Crippen molar-refractivity contribution in [3.63, 3.8) is 0 Å². The zero-order valence-electron chi connectivity index (χ0n) is 16.7. The van der Waals surface area contributed by atoms with Crippen molar-refractivity contribution in [1.29, 1.82) is 0 Å². The van der Waals surface area contributed by atoms with E-state index in [-0.39, 0.29) is 36.3 Å². The van der Waals surface area contributed by atoms with Gasteiger partial charge >= 0.3 is 0 Å². The van der Waals surface area contributed by atoms with Crippen LogP contribution in [0.3, 0.4) is 0 Å². The summed E-state index contributed by atoms with van der Waals surface area (Å²) in [5.74, 6) is -0.787. The molecule has 2 rings (SSSR count). The predicted octanol–water partition coefficient (Wildman–Crippen LogP) is 4.86. The van der Waals surface area contributed by atoms with Crippen molar-refractivity contribution in [3.05, 3.63) is 69.5 Å². The normalized spacial score (nSPS) is 12.0. The molecule has 2 amide bonds. The first-order chi connectivity index (χ1) is 13.7. The van der Waals surface area contributed by atoms with E-state index in [9.17, 15) is 14.0 Å². The van der Waals surface area contributed by atoms with Gasteiger partial charge in [0.25, 0.3) is 0 Å². The summed E-state index contributed by atoms with van der Waals surface area (Å²) in [6.07, 6.45) is -0.143. The van der Waals surface area contributed by atoms with E-state index in [1.165, 1.54) is 11.0 Å². The number of benzene rings is 2. The molecule has 0 radical (unpaired) electrons. The van der Waals surface area contributed by atoms with Crippen molar-refractivity contribution in [3.8, 4) is 0 Å². The summed E-state index contributed by atoms with van der Waals surface area (Å²) in [6.45, 7) is 6.29. The fourth-order valence-electron chi connectivity index (χ4n) is 2.78. The van der Waals surface area contributed by atoms with Gasteiger partial charge in [-0.1, -0.05) is 61.3 Å². The average Bonchev–Trinajstić information content (AvgIpc) is 2.68. The quantitative estimate of drug-likeness (QED) is 0.639. The summed E-state index contributed by atoms with van der Waals surface area (Å²) in [4.78, 5) is 27.1. The van der Waals surface area contributed by atoms with Gasteiger partial charge in [-0.25, -0.2) is 4.39 Å². The lowest BCUT2D eigenvalue weighted by Crippen LogP contribution is -2.48. The molecule has 0 saturated heterocycles. The molecule has 0 aliphatic heterocycles. The molecule has 2 aromatic rings. The molecular formula is C22H25Cl2FN2O2. The highest BCUT2D eigenvalue weighted by atomic mass is 35.5. The van der Waals surface area contributed by atoms with Gasteiger partial charge in [0.1, 0.15) is 11.9 Å². The van der Waals surface area contributed by atoms with Gasteiger partial charge in [-0.2, -0.15) is 0 Å². The van der Waals surface area contributed by atoms with Gasteiger partial charge in [-0.05, 0) is 42.2 Å². The number of rotatable bonds is 8. The third kappa shape index (κ3) is 6.72. The maximum absolute atomic E-state index is 14.0. The Morgan fingerprint density at radius 3 is 2.38 bits per heavy atom. The van der Waals surface area contributed by atoms with E-state index in [0.717, 1.165) is 5.56 Å². The van der Waals surface area contributed by atoms with E-state index < -0.39 is 11.9 Å². The van der Waals surface area contributed by atoms with Crippen LogP contribution in [0.1, 0.15) is 31.9 Å². The minimum absolute atomic E-state index is 0.143. The third-order valence-electron chi connectivity index (χ3n) is 4.49. The van der Waals surface area contributed by atoms with E-state index in [1.807, 2.05) is 13.8 Å². The lowest BCUT2D eigenvalue weighted by molar-refractivity contribution is -0.140. The molecule has 0 aromatic heterocycles. The Kier molecular flexibility index (Phi) is 8.47. The van der Waals surface area contributed by atoms with E-state index in [2.05, 4.69) is 5.32 Å². The van der Waals surface area contributed by atoms with Crippen LogP contribution in [-0.4, -0.2) is 29.3 Å². The molecule has 0 unspecified atom stereocenters. The summed E-state index contributed by atoms with van der Waals surface area (Å²) in [6, 6.07) is 10.4. The first-order valence-corrected chi connectivity index (χ1v) is 10.2. The molecule has 0 bridgehead atoms. The number of amides is 2. The zero-order valence-corrected chi connectivity index (χ0v) is 18.2. The monoisotopic (exact) mass is 438 g/mol. The average molecular weight is 439 g/mol. The molecular weight excluding hydrogens is 414 g/mol. The molecule has 0 fully saturated rings. The SMILES string of the molecule is CC(C)CNC(=O)[C@@H](C)N(Cc1ccc(Cl)c(Cl)c1)C(=O)Cc1ccccc1F. The van der Waals surface area contributed by atoms with Crippen molar-refractivity contribution < 1.29 is 14.0 Å². The maximum Gasteiger partial charge on any atom is 0.242 e. The van der Waals surface area contributed by atoms with Crippen LogP contribution in [0.5, 0.6) is 0 Å². The smallest absolute Gasteiger partial charge is 0.242 e. The number of carbonyl (C=O) groups is 2. The van der Waals surface area contributed by atoms with Crippen molar-refractivity contribution in [2.24, 2.45) is 5.92 Å². The Morgan fingerprint density at radius 2 is 1.76 bits per heavy atom. The van der Waals surface area contributed by atoms with Crippen molar-refractivity contribution in [1.82, 2.24) is 10.2 Å². The van der Waals surface area contributed by atoms with Crippen LogP contribution in [0.15, 0.2) is 42.5 Å². The van der Waals surface area contributed by atoms with Crippen molar-refractivity contribution >= 4 is 35.0 Å². The molecule has 0 spiro atoms. The molecule has 4 nitrogen and oxygen atoms in total. The number of hydrogen-bond acceptors (Lipinski definition) is 2. The molecule has 2 aromatic carbocycles.